The lowest BCUT2D eigenvalue weighted by atomic mass is 10.1. The Labute approximate surface area is 121 Å². The maximum atomic E-state index is 13.7. The summed E-state index contributed by atoms with van der Waals surface area (Å²) in [5, 5.41) is 2.70. The molecule has 0 fully saturated rings. The number of amides is 1. The van der Waals surface area contributed by atoms with E-state index in [0.29, 0.717) is 11.4 Å². The van der Waals surface area contributed by atoms with Crippen LogP contribution in [0, 0.1) is 11.6 Å². The maximum absolute atomic E-state index is 13.7. The van der Waals surface area contributed by atoms with E-state index in [1.54, 1.807) is 0 Å². The molecule has 20 heavy (non-hydrogen) atoms. The Balaban J connectivity index is 2.42. The second-order valence-corrected chi connectivity index (χ2v) is 4.89. The third kappa shape index (κ3) is 2.88. The topological polar surface area (TPSA) is 81.1 Å². The van der Waals surface area contributed by atoms with Gasteiger partial charge in [0.15, 0.2) is 0 Å². The Bertz CT molecular complexity index is 692. The Morgan fingerprint density at radius 3 is 2.45 bits per heavy atom. The van der Waals surface area contributed by atoms with Gasteiger partial charge in [-0.3, -0.25) is 4.79 Å². The number of carbonyl (C=O) groups excluding carboxylic acids is 1. The summed E-state index contributed by atoms with van der Waals surface area (Å²) in [6, 6.07) is 6.30. The fourth-order valence-electron chi connectivity index (χ4n) is 1.58. The lowest BCUT2D eigenvalue weighted by Gasteiger charge is -2.12. The van der Waals surface area contributed by atoms with Crippen molar-refractivity contribution in [2.45, 2.75) is 0 Å². The molecule has 0 aliphatic heterocycles. The highest BCUT2D eigenvalue weighted by Crippen LogP contribution is 2.29. The first-order chi connectivity index (χ1) is 9.38. The van der Waals surface area contributed by atoms with Crippen LogP contribution in [0.2, 0.25) is 0 Å². The van der Waals surface area contributed by atoms with Crippen LogP contribution in [0.3, 0.4) is 0 Å². The minimum atomic E-state index is -0.783. The summed E-state index contributed by atoms with van der Waals surface area (Å²) in [7, 11) is 0. The Morgan fingerprint density at radius 2 is 1.80 bits per heavy atom. The minimum Gasteiger partial charge on any atom is -0.397 e. The van der Waals surface area contributed by atoms with Crippen molar-refractivity contribution in [2.24, 2.45) is 5.73 Å². The lowest BCUT2D eigenvalue weighted by molar-refractivity contribution is 0.100. The minimum absolute atomic E-state index is 0.0200. The van der Waals surface area contributed by atoms with Crippen LogP contribution >= 0.6 is 15.9 Å². The monoisotopic (exact) mass is 341 g/mol. The molecule has 0 heterocycles. The predicted molar refractivity (Wildman–Crippen MR) is 76.7 cm³/mol. The molecule has 2 aromatic carbocycles. The number of rotatable bonds is 3. The molecule has 1 amide bonds. The molecular formula is C13H10BrF2N3O. The molecule has 0 saturated heterocycles. The molecule has 0 aliphatic carbocycles. The van der Waals surface area contributed by atoms with Crippen LogP contribution in [0.5, 0.6) is 0 Å². The Kier molecular flexibility index (Phi) is 3.89. The SMILES string of the molecule is NC(=O)c1ccc(N)c(Nc2cc(Br)c(F)cc2F)c1. The Morgan fingerprint density at radius 1 is 1.10 bits per heavy atom. The van der Waals surface area contributed by atoms with E-state index in [9.17, 15) is 13.6 Å². The fraction of sp³-hybridized carbons (Fsp3) is 0. The zero-order valence-electron chi connectivity index (χ0n) is 10.1. The molecule has 2 rings (SSSR count). The summed E-state index contributed by atoms with van der Waals surface area (Å²) in [5.74, 6) is -2.13. The molecule has 0 spiro atoms. The lowest BCUT2D eigenvalue weighted by Crippen LogP contribution is -2.11. The molecule has 0 aromatic heterocycles. The average Bonchev–Trinajstić information content (AvgIpc) is 2.38. The van der Waals surface area contributed by atoms with Crippen molar-refractivity contribution in [1.29, 1.82) is 0 Å². The third-order valence-corrected chi connectivity index (χ3v) is 3.22. The number of anilines is 3. The summed E-state index contributed by atoms with van der Waals surface area (Å²) >= 11 is 2.96. The van der Waals surface area contributed by atoms with E-state index in [1.807, 2.05) is 0 Å². The Hall–Kier alpha value is -2.15. The summed E-state index contributed by atoms with van der Waals surface area (Å²) in [6.07, 6.45) is 0. The third-order valence-electron chi connectivity index (χ3n) is 2.62. The summed E-state index contributed by atoms with van der Waals surface area (Å²) < 4.78 is 26.9. The fourth-order valence-corrected chi connectivity index (χ4v) is 1.92. The van der Waals surface area contributed by atoms with Gasteiger partial charge in [0.25, 0.3) is 0 Å². The number of primary amides is 1. The van der Waals surface area contributed by atoms with E-state index in [-0.39, 0.29) is 15.7 Å². The molecule has 104 valence electrons. The number of hydrogen-bond donors (Lipinski definition) is 3. The molecule has 0 saturated carbocycles. The first kappa shape index (κ1) is 14.3. The standard InChI is InChI=1S/C13H10BrF2N3O/c14-7-4-11(9(16)5-8(7)15)19-12-3-6(13(18)20)1-2-10(12)17/h1-5,19H,17H2,(H2,18,20). The first-order valence-electron chi connectivity index (χ1n) is 5.49. The smallest absolute Gasteiger partial charge is 0.248 e. The van der Waals surface area contributed by atoms with Crippen LogP contribution in [0.1, 0.15) is 10.4 Å². The van der Waals surface area contributed by atoms with E-state index >= 15 is 0 Å². The van der Waals surface area contributed by atoms with Gasteiger partial charge in [0.05, 0.1) is 21.5 Å². The number of nitrogen functional groups attached to an aromatic ring is 1. The molecule has 0 radical (unpaired) electrons. The summed E-state index contributed by atoms with van der Waals surface area (Å²) in [5.41, 5.74) is 11.7. The average molecular weight is 342 g/mol. The van der Waals surface area contributed by atoms with Gasteiger partial charge < -0.3 is 16.8 Å². The van der Waals surface area contributed by atoms with Gasteiger partial charge in [-0.25, -0.2) is 8.78 Å². The molecule has 7 heteroatoms. The van der Waals surface area contributed by atoms with Crippen molar-refractivity contribution < 1.29 is 13.6 Å². The van der Waals surface area contributed by atoms with Gasteiger partial charge in [-0.2, -0.15) is 0 Å². The van der Waals surface area contributed by atoms with Crippen molar-refractivity contribution in [3.05, 3.63) is 52.0 Å². The van der Waals surface area contributed by atoms with Gasteiger partial charge in [0.1, 0.15) is 11.6 Å². The van der Waals surface area contributed by atoms with Gasteiger partial charge in [-0.15, -0.1) is 0 Å². The van der Waals surface area contributed by atoms with Gasteiger partial charge in [-0.1, -0.05) is 0 Å². The van der Waals surface area contributed by atoms with Gasteiger partial charge in [-0.05, 0) is 40.2 Å². The molecule has 0 aliphatic rings. The van der Waals surface area contributed by atoms with Gasteiger partial charge in [0.2, 0.25) is 5.91 Å². The van der Waals surface area contributed by atoms with Crippen molar-refractivity contribution >= 4 is 38.9 Å². The number of nitrogens with one attached hydrogen (secondary N) is 1. The highest BCUT2D eigenvalue weighted by Gasteiger charge is 2.11. The van der Waals surface area contributed by atoms with Crippen LogP contribution in [0.4, 0.5) is 25.8 Å². The molecule has 4 nitrogen and oxygen atoms in total. The van der Waals surface area contributed by atoms with E-state index in [4.69, 9.17) is 11.5 Å². The van der Waals surface area contributed by atoms with Gasteiger partial charge >= 0.3 is 0 Å². The zero-order valence-corrected chi connectivity index (χ0v) is 11.7. The number of carbonyl (C=O) groups is 1. The summed E-state index contributed by atoms with van der Waals surface area (Å²) in [4.78, 5) is 11.1. The van der Waals surface area contributed by atoms with Crippen LogP contribution in [0.25, 0.3) is 0 Å². The van der Waals surface area contributed by atoms with Crippen molar-refractivity contribution in [1.82, 2.24) is 0 Å². The van der Waals surface area contributed by atoms with E-state index in [0.717, 1.165) is 6.07 Å². The molecule has 0 atom stereocenters. The molecule has 2 aromatic rings. The predicted octanol–water partition coefficient (Wildman–Crippen LogP) is 3.15. The molecule has 5 N–H and O–H groups in total. The molecule has 0 unspecified atom stereocenters. The van der Waals surface area contributed by atoms with Crippen molar-refractivity contribution in [2.75, 3.05) is 11.1 Å². The second kappa shape index (κ2) is 5.46. The number of nitrogens with two attached hydrogens (primary N) is 2. The first-order valence-corrected chi connectivity index (χ1v) is 6.28. The maximum Gasteiger partial charge on any atom is 0.248 e. The highest BCUT2D eigenvalue weighted by molar-refractivity contribution is 9.10. The zero-order chi connectivity index (χ0) is 14.9. The summed E-state index contributed by atoms with van der Waals surface area (Å²) in [6.45, 7) is 0. The largest absolute Gasteiger partial charge is 0.397 e. The number of benzene rings is 2. The van der Waals surface area contributed by atoms with Gasteiger partial charge in [0, 0.05) is 11.6 Å². The van der Waals surface area contributed by atoms with Crippen molar-refractivity contribution in [3.63, 3.8) is 0 Å². The molecule has 0 bridgehead atoms. The van der Waals surface area contributed by atoms with Crippen LogP contribution < -0.4 is 16.8 Å². The van der Waals surface area contributed by atoms with E-state index < -0.39 is 17.5 Å². The highest BCUT2D eigenvalue weighted by atomic mass is 79.9. The number of halogens is 3. The van der Waals surface area contributed by atoms with Crippen LogP contribution in [-0.2, 0) is 0 Å². The number of hydrogen-bond acceptors (Lipinski definition) is 3. The quantitative estimate of drug-likeness (QED) is 0.592. The van der Waals surface area contributed by atoms with E-state index in [1.165, 1.54) is 24.3 Å². The second-order valence-electron chi connectivity index (χ2n) is 4.04. The normalized spacial score (nSPS) is 10.3. The van der Waals surface area contributed by atoms with Crippen molar-refractivity contribution in [3.8, 4) is 0 Å². The van der Waals surface area contributed by atoms with Crippen LogP contribution in [0.15, 0.2) is 34.8 Å². The van der Waals surface area contributed by atoms with E-state index in [2.05, 4.69) is 21.2 Å². The molecular weight excluding hydrogens is 332 g/mol. The van der Waals surface area contributed by atoms with Crippen LogP contribution in [-0.4, -0.2) is 5.91 Å².